The van der Waals surface area contributed by atoms with Crippen LogP contribution in [0.15, 0.2) is 0 Å². The summed E-state index contributed by atoms with van der Waals surface area (Å²) in [5, 5.41) is 8.95. The van der Waals surface area contributed by atoms with Crippen molar-refractivity contribution in [3.63, 3.8) is 0 Å². The molecule has 0 aliphatic carbocycles. The van der Waals surface area contributed by atoms with E-state index in [1.807, 2.05) is 21.0 Å². The third-order valence-electron chi connectivity index (χ3n) is 2.11. The van der Waals surface area contributed by atoms with Crippen LogP contribution in [0.4, 0.5) is 0 Å². The van der Waals surface area contributed by atoms with Gasteiger partial charge in [0.05, 0.1) is 11.7 Å². The Balaban J connectivity index is 4.30. The average molecular weight is 159 g/mol. The van der Waals surface area contributed by atoms with E-state index in [0.717, 1.165) is 6.29 Å². The normalized spacial score (nSPS) is 14.5. The zero-order valence-electron chi connectivity index (χ0n) is 7.56. The lowest BCUT2D eigenvalue weighted by atomic mass is 10.0. The van der Waals surface area contributed by atoms with E-state index in [2.05, 4.69) is 16.0 Å². The monoisotopic (exact) mass is 159 g/mol. The second kappa shape index (κ2) is 4.43. The summed E-state index contributed by atoms with van der Waals surface area (Å²) in [7, 11) is 5.38. The smallest absolute Gasteiger partial charge is 0.140 e. The highest BCUT2D eigenvalue weighted by molar-refractivity contribution is 5.60. The molecule has 0 spiro atoms. The van der Waals surface area contributed by atoms with Gasteiger partial charge >= 0.3 is 0 Å². The molecule has 0 amide bonds. The van der Waals surface area contributed by atoms with Crippen LogP contribution in [-0.2, 0) is 4.79 Å². The number of carbonyl (C=O) groups is 1. The SMILES string of the molecule is CNC(C=O)C(C)(NC)NC. The highest BCUT2D eigenvalue weighted by Crippen LogP contribution is 2.01. The lowest BCUT2D eigenvalue weighted by molar-refractivity contribution is -0.111. The van der Waals surface area contributed by atoms with Gasteiger partial charge in [0.25, 0.3) is 0 Å². The van der Waals surface area contributed by atoms with Gasteiger partial charge in [0.1, 0.15) is 6.29 Å². The van der Waals surface area contributed by atoms with Crippen molar-refractivity contribution in [3.05, 3.63) is 0 Å². The number of hydrogen-bond donors (Lipinski definition) is 3. The van der Waals surface area contributed by atoms with E-state index in [4.69, 9.17) is 0 Å². The Hall–Kier alpha value is -0.450. The Kier molecular flexibility index (Phi) is 4.25. The van der Waals surface area contributed by atoms with E-state index in [-0.39, 0.29) is 11.7 Å². The van der Waals surface area contributed by atoms with E-state index < -0.39 is 0 Å². The summed E-state index contributed by atoms with van der Waals surface area (Å²) < 4.78 is 0. The topological polar surface area (TPSA) is 53.2 Å². The van der Waals surface area contributed by atoms with Crippen molar-refractivity contribution in [1.82, 2.24) is 16.0 Å². The molecular weight excluding hydrogens is 142 g/mol. The zero-order chi connectivity index (χ0) is 8.91. The van der Waals surface area contributed by atoms with Gasteiger partial charge < -0.3 is 20.7 Å². The molecule has 1 atom stereocenters. The summed E-state index contributed by atoms with van der Waals surface area (Å²) >= 11 is 0. The second-order valence-corrected chi connectivity index (χ2v) is 2.60. The largest absolute Gasteiger partial charge is 0.308 e. The molecular formula is C7H17N3O. The number of rotatable bonds is 5. The van der Waals surface area contributed by atoms with Gasteiger partial charge in [-0.3, -0.25) is 0 Å². The molecule has 0 heterocycles. The average Bonchev–Trinajstić information content (AvgIpc) is 2.06. The van der Waals surface area contributed by atoms with Crippen LogP contribution in [0.3, 0.4) is 0 Å². The molecule has 66 valence electrons. The minimum atomic E-state index is -0.378. The Bertz CT molecular complexity index is 123. The fourth-order valence-corrected chi connectivity index (χ4v) is 0.929. The van der Waals surface area contributed by atoms with Gasteiger partial charge in [-0.2, -0.15) is 0 Å². The minimum absolute atomic E-state index is 0.225. The summed E-state index contributed by atoms with van der Waals surface area (Å²) in [6, 6.07) is -0.225. The van der Waals surface area contributed by atoms with Crippen molar-refractivity contribution in [2.24, 2.45) is 0 Å². The highest BCUT2D eigenvalue weighted by atomic mass is 16.1. The van der Waals surface area contributed by atoms with Crippen molar-refractivity contribution < 1.29 is 4.79 Å². The Morgan fingerprint density at radius 1 is 1.27 bits per heavy atom. The van der Waals surface area contributed by atoms with E-state index >= 15 is 0 Å². The Morgan fingerprint density at radius 3 is 1.82 bits per heavy atom. The van der Waals surface area contributed by atoms with Gasteiger partial charge in [0.15, 0.2) is 0 Å². The molecule has 0 saturated carbocycles. The number of likely N-dealkylation sites (N-methyl/N-ethyl adjacent to an activating group) is 3. The van der Waals surface area contributed by atoms with Crippen molar-refractivity contribution in [2.45, 2.75) is 18.6 Å². The second-order valence-electron chi connectivity index (χ2n) is 2.60. The van der Waals surface area contributed by atoms with Crippen LogP contribution in [-0.4, -0.2) is 39.1 Å². The molecule has 0 aromatic heterocycles. The predicted molar refractivity (Wildman–Crippen MR) is 45.4 cm³/mol. The molecule has 3 N–H and O–H groups in total. The molecule has 0 radical (unpaired) electrons. The molecule has 0 aliphatic rings. The van der Waals surface area contributed by atoms with E-state index in [1.165, 1.54) is 0 Å². The fourth-order valence-electron chi connectivity index (χ4n) is 0.929. The van der Waals surface area contributed by atoms with Gasteiger partial charge in [-0.15, -0.1) is 0 Å². The zero-order valence-corrected chi connectivity index (χ0v) is 7.56. The summed E-state index contributed by atoms with van der Waals surface area (Å²) in [6.45, 7) is 1.92. The van der Waals surface area contributed by atoms with Gasteiger partial charge in [-0.1, -0.05) is 0 Å². The molecule has 0 fully saturated rings. The highest BCUT2D eigenvalue weighted by Gasteiger charge is 2.29. The number of nitrogens with one attached hydrogen (secondary N) is 3. The molecule has 0 bridgehead atoms. The maximum Gasteiger partial charge on any atom is 0.140 e. The first kappa shape index (κ1) is 10.6. The molecule has 0 aromatic carbocycles. The molecule has 0 aliphatic heterocycles. The summed E-state index contributed by atoms with van der Waals surface area (Å²) in [5.74, 6) is 0. The van der Waals surface area contributed by atoms with Crippen molar-refractivity contribution in [1.29, 1.82) is 0 Å². The van der Waals surface area contributed by atoms with Crippen molar-refractivity contribution >= 4 is 6.29 Å². The number of aldehydes is 1. The van der Waals surface area contributed by atoms with Crippen LogP contribution in [0.2, 0.25) is 0 Å². The van der Waals surface area contributed by atoms with Crippen molar-refractivity contribution in [3.8, 4) is 0 Å². The molecule has 4 nitrogen and oxygen atoms in total. The lowest BCUT2D eigenvalue weighted by Gasteiger charge is -2.33. The Labute approximate surface area is 67.7 Å². The maximum absolute atomic E-state index is 10.6. The van der Waals surface area contributed by atoms with Crippen LogP contribution in [0.1, 0.15) is 6.92 Å². The lowest BCUT2D eigenvalue weighted by Crippen LogP contribution is -2.64. The predicted octanol–water partition coefficient (Wildman–Crippen LogP) is -1.07. The van der Waals surface area contributed by atoms with E-state index in [1.54, 1.807) is 7.05 Å². The molecule has 4 heteroatoms. The molecule has 1 unspecified atom stereocenters. The van der Waals surface area contributed by atoms with Crippen LogP contribution >= 0.6 is 0 Å². The van der Waals surface area contributed by atoms with Crippen LogP contribution in [0.5, 0.6) is 0 Å². The fraction of sp³-hybridized carbons (Fsp3) is 0.857. The quantitative estimate of drug-likeness (QED) is 0.353. The summed E-state index contributed by atoms with van der Waals surface area (Å²) in [5.41, 5.74) is -0.378. The third kappa shape index (κ3) is 2.25. The van der Waals surface area contributed by atoms with Gasteiger partial charge in [-0.05, 0) is 28.1 Å². The number of hydrogen-bond acceptors (Lipinski definition) is 4. The summed E-state index contributed by atoms with van der Waals surface area (Å²) in [6.07, 6.45) is 0.882. The first-order valence-corrected chi connectivity index (χ1v) is 3.65. The molecule has 0 saturated heterocycles. The maximum atomic E-state index is 10.6. The molecule has 0 rings (SSSR count). The standard InChI is InChI=1S/C7H17N3O/c1-7(9-3,10-4)6(5-11)8-2/h5-6,8-10H,1-4H3. The van der Waals surface area contributed by atoms with Gasteiger partial charge in [0, 0.05) is 0 Å². The van der Waals surface area contributed by atoms with Gasteiger partial charge in [0.2, 0.25) is 0 Å². The van der Waals surface area contributed by atoms with E-state index in [9.17, 15) is 4.79 Å². The molecule has 0 aromatic rings. The minimum Gasteiger partial charge on any atom is -0.308 e. The molecule has 11 heavy (non-hydrogen) atoms. The van der Waals surface area contributed by atoms with Crippen LogP contribution in [0.25, 0.3) is 0 Å². The van der Waals surface area contributed by atoms with Crippen molar-refractivity contribution in [2.75, 3.05) is 21.1 Å². The summed E-state index contributed by atoms with van der Waals surface area (Å²) in [4.78, 5) is 10.6. The van der Waals surface area contributed by atoms with Gasteiger partial charge in [-0.25, -0.2) is 0 Å². The first-order valence-electron chi connectivity index (χ1n) is 3.65. The van der Waals surface area contributed by atoms with Crippen LogP contribution in [0, 0.1) is 0 Å². The van der Waals surface area contributed by atoms with Crippen LogP contribution < -0.4 is 16.0 Å². The third-order valence-corrected chi connectivity index (χ3v) is 2.11. The Morgan fingerprint density at radius 2 is 1.73 bits per heavy atom. The first-order chi connectivity index (χ1) is 5.14. The van der Waals surface area contributed by atoms with E-state index in [0.29, 0.717) is 0 Å². The number of carbonyl (C=O) groups excluding carboxylic acids is 1.